The summed E-state index contributed by atoms with van der Waals surface area (Å²) in [6.45, 7) is -0.146. The quantitative estimate of drug-likeness (QED) is 0.247. The molecule has 14 heteroatoms. The van der Waals surface area contributed by atoms with Crippen molar-refractivity contribution in [2.45, 2.75) is 31.5 Å². The van der Waals surface area contributed by atoms with Gasteiger partial charge in [0.15, 0.2) is 11.5 Å². The van der Waals surface area contributed by atoms with Crippen molar-refractivity contribution in [3.63, 3.8) is 0 Å². The molecule has 0 saturated heterocycles. The molecule has 1 aliphatic carbocycles. The van der Waals surface area contributed by atoms with Crippen LogP contribution in [-0.2, 0) is 19.8 Å². The van der Waals surface area contributed by atoms with Gasteiger partial charge in [-0.25, -0.2) is 24.3 Å². The Bertz CT molecular complexity index is 1600. The van der Waals surface area contributed by atoms with E-state index < -0.39 is 17.7 Å². The lowest BCUT2D eigenvalue weighted by Gasteiger charge is -2.15. The molecule has 2 N–H and O–H groups in total. The number of hydrogen-bond donors (Lipinski definition) is 1. The number of rotatable bonds is 8. The maximum absolute atomic E-state index is 15.0. The Balaban J connectivity index is 1.46. The number of aryl methyl sites for hydroxylation is 1. The number of benzene rings is 1. The lowest BCUT2D eigenvalue weighted by Crippen LogP contribution is -2.09. The van der Waals surface area contributed by atoms with Gasteiger partial charge in [0.05, 0.1) is 18.4 Å². The highest BCUT2D eigenvalue weighted by Gasteiger charge is 2.35. The van der Waals surface area contributed by atoms with Crippen molar-refractivity contribution < 1.29 is 27.0 Å². The Kier molecular flexibility index (Phi) is 7.08. The van der Waals surface area contributed by atoms with E-state index in [1.54, 1.807) is 7.05 Å². The zero-order valence-electron chi connectivity index (χ0n) is 21.7. The van der Waals surface area contributed by atoms with E-state index in [2.05, 4.69) is 29.9 Å². The standard InChI is InChI=1S/C26H24F4N8O2/c1-32-9-17-20(31)25(37-22(35-17)19-21(14-5-6-14)33-12-34-24(19)39-3)40-11-13-4-7-15(16(27)8-13)23-36-18(10-38(23)2)26(28,29)30/h4,7-10,12,14H,5-6,11,31H2,1-3H3. The van der Waals surface area contributed by atoms with Gasteiger partial charge in [-0.2, -0.15) is 18.2 Å². The van der Waals surface area contributed by atoms with Crippen LogP contribution in [0.15, 0.2) is 35.7 Å². The van der Waals surface area contributed by atoms with Crippen molar-refractivity contribution in [3.8, 4) is 34.5 Å². The van der Waals surface area contributed by atoms with Crippen LogP contribution in [0.5, 0.6) is 11.8 Å². The van der Waals surface area contributed by atoms with Gasteiger partial charge in [-0.1, -0.05) is 6.07 Å². The third-order valence-corrected chi connectivity index (χ3v) is 6.23. The molecule has 0 spiro atoms. The van der Waals surface area contributed by atoms with Crippen molar-refractivity contribution in [1.29, 1.82) is 0 Å². The van der Waals surface area contributed by atoms with Gasteiger partial charge in [0.2, 0.25) is 11.8 Å². The van der Waals surface area contributed by atoms with Crippen LogP contribution < -0.4 is 15.2 Å². The monoisotopic (exact) mass is 556 g/mol. The fourth-order valence-electron chi connectivity index (χ4n) is 4.16. The van der Waals surface area contributed by atoms with Gasteiger partial charge in [-0.05, 0) is 30.5 Å². The van der Waals surface area contributed by atoms with Gasteiger partial charge in [0.25, 0.3) is 0 Å². The van der Waals surface area contributed by atoms with Crippen molar-refractivity contribution >= 4 is 11.9 Å². The van der Waals surface area contributed by atoms with E-state index in [0.717, 1.165) is 35.4 Å². The third kappa shape index (κ3) is 5.28. The molecule has 5 rings (SSSR count). The molecule has 40 heavy (non-hydrogen) atoms. The van der Waals surface area contributed by atoms with Gasteiger partial charge >= 0.3 is 6.18 Å². The molecule has 3 aromatic heterocycles. The van der Waals surface area contributed by atoms with Crippen LogP contribution in [-0.4, -0.2) is 49.9 Å². The second-order valence-electron chi connectivity index (χ2n) is 9.12. The average Bonchev–Trinajstić information content (AvgIpc) is 3.69. The van der Waals surface area contributed by atoms with Crippen LogP contribution in [0.2, 0.25) is 0 Å². The first kappa shape index (κ1) is 27.0. The Labute approximate surface area is 226 Å². The summed E-state index contributed by atoms with van der Waals surface area (Å²) in [7, 11) is 4.41. The SMILES string of the molecule is CN=Cc1nc(-c2c(OC)ncnc2C2CC2)nc(OCc2ccc(-c3nc(C(F)(F)F)cn3C)c(F)c2)c1N. The molecule has 0 bridgehead atoms. The number of alkyl halides is 3. The Morgan fingerprint density at radius 1 is 1.15 bits per heavy atom. The highest BCUT2D eigenvalue weighted by Crippen LogP contribution is 2.45. The molecule has 0 amide bonds. The summed E-state index contributed by atoms with van der Waals surface area (Å²) >= 11 is 0. The first-order valence-corrected chi connectivity index (χ1v) is 12.1. The summed E-state index contributed by atoms with van der Waals surface area (Å²) < 4.78 is 66.6. The van der Waals surface area contributed by atoms with Crippen molar-refractivity contribution in [3.05, 3.63) is 59.2 Å². The highest BCUT2D eigenvalue weighted by molar-refractivity contribution is 5.87. The van der Waals surface area contributed by atoms with Gasteiger partial charge in [0, 0.05) is 32.4 Å². The molecule has 208 valence electrons. The zero-order chi connectivity index (χ0) is 28.6. The predicted molar refractivity (Wildman–Crippen MR) is 137 cm³/mol. The third-order valence-electron chi connectivity index (χ3n) is 6.23. The average molecular weight is 557 g/mol. The van der Waals surface area contributed by atoms with Crippen molar-refractivity contribution in [2.75, 3.05) is 19.9 Å². The fraction of sp³-hybridized carbons (Fsp3) is 0.308. The van der Waals surface area contributed by atoms with E-state index in [4.69, 9.17) is 15.2 Å². The first-order chi connectivity index (χ1) is 19.1. The van der Waals surface area contributed by atoms with E-state index in [0.29, 0.717) is 22.7 Å². The number of aromatic nitrogens is 6. The summed E-state index contributed by atoms with van der Waals surface area (Å²) in [6, 6.07) is 4.02. The molecule has 0 unspecified atom stereocenters. The Morgan fingerprint density at radius 3 is 2.55 bits per heavy atom. The maximum Gasteiger partial charge on any atom is 0.434 e. The molecule has 1 saturated carbocycles. The molecule has 0 aliphatic heterocycles. The van der Waals surface area contributed by atoms with Crippen LogP contribution in [0.1, 0.15) is 41.4 Å². The first-order valence-electron chi connectivity index (χ1n) is 12.1. The number of halogens is 4. The van der Waals surface area contributed by atoms with Crippen LogP contribution in [0.3, 0.4) is 0 Å². The summed E-state index contributed by atoms with van der Waals surface area (Å²) in [4.78, 5) is 25.2. The lowest BCUT2D eigenvalue weighted by molar-refractivity contribution is -0.140. The number of nitrogens with zero attached hydrogens (tertiary/aromatic N) is 7. The summed E-state index contributed by atoms with van der Waals surface area (Å²) in [5.74, 6) is -0.137. The normalized spacial score (nSPS) is 13.7. The highest BCUT2D eigenvalue weighted by atomic mass is 19.4. The number of ether oxygens (including phenoxy) is 2. The molecule has 3 heterocycles. The predicted octanol–water partition coefficient (Wildman–Crippen LogP) is 4.59. The van der Waals surface area contributed by atoms with Gasteiger partial charge in [0.1, 0.15) is 41.5 Å². The number of nitrogens with two attached hydrogens (primary N) is 1. The molecule has 1 aliphatic rings. The smallest absolute Gasteiger partial charge is 0.434 e. The Hall–Kier alpha value is -4.62. The number of hydrogen-bond acceptors (Lipinski definition) is 9. The molecule has 1 aromatic carbocycles. The second-order valence-corrected chi connectivity index (χ2v) is 9.12. The van der Waals surface area contributed by atoms with Crippen molar-refractivity contribution in [2.24, 2.45) is 12.0 Å². The summed E-state index contributed by atoms with van der Waals surface area (Å²) in [6.07, 6.45) is 0.967. The number of aliphatic imine (C=N–C) groups is 1. The van der Waals surface area contributed by atoms with E-state index in [9.17, 15) is 13.2 Å². The number of anilines is 1. The maximum atomic E-state index is 15.0. The van der Waals surface area contributed by atoms with Gasteiger partial charge in [-0.15, -0.1) is 0 Å². The fourth-order valence-corrected chi connectivity index (χ4v) is 4.16. The van der Waals surface area contributed by atoms with Gasteiger partial charge in [-0.3, -0.25) is 4.99 Å². The molecular weight excluding hydrogens is 532 g/mol. The minimum atomic E-state index is -4.65. The zero-order valence-corrected chi connectivity index (χ0v) is 21.7. The molecule has 4 aromatic rings. The van der Waals surface area contributed by atoms with E-state index in [1.807, 2.05) is 0 Å². The summed E-state index contributed by atoms with van der Waals surface area (Å²) in [5, 5.41) is 0. The number of imidazole rings is 1. The van der Waals surface area contributed by atoms with Crippen LogP contribution in [0, 0.1) is 5.82 Å². The topological polar surface area (TPSA) is 126 Å². The summed E-state index contributed by atoms with van der Waals surface area (Å²) in [5.41, 5.74) is 7.14. The van der Waals surface area contributed by atoms with E-state index in [1.165, 1.54) is 38.8 Å². The lowest BCUT2D eigenvalue weighted by atomic mass is 10.1. The van der Waals surface area contributed by atoms with Gasteiger partial charge < -0.3 is 19.8 Å². The molecule has 0 radical (unpaired) electrons. The molecule has 10 nitrogen and oxygen atoms in total. The molecule has 0 atom stereocenters. The molecule has 1 fully saturated rings. The number of nitrogen functional groups attached to an aromatic ring is 1. The largest absolute Gasteiger partial charge is 0.480 e. The Morgan fingerprint density at radius 2 is 1.93 bits per heavy atom. The minimum Gasteiger partial charge on any atom is -0.480 e. The van der Waals surface area contributed by atoms with E-state index in [-0.39, 0.29) is 41.3 Å². The second kappa shape index (κ2) is 10.5. The minimum absolute atomic E-state index is 0.0240. The van der Waals surface area contributed by atoms with Crippen molar-refractivity contribution in [1.82, 2.24) is 29.5 Å². The van der Waals surface area contributed by atoms with Crippen LogP contribution in [0.4, 0.5) is 23.2 Å². The van der Waals surface area contributed by atoms with Crippen LogP contribution >= 0.6 is 0 Å². The van der Waals surface area contributed by atoms with Crippen LogP contribution in [0.25, 0.3) is 22.8 Å². The number of methoxy groups -OCH3 is 1. The molecular formula is C26H24F4N8O2. The van der Waals surface area contributed by atoms with E-state index >= 15 is 4.39 Å².